The van der Waals surface area contributed by atoms with E-state index in [0.717, 1.165) is 12.1 Å². The molecule has 0 fully saturated rings. The Kier molecular flexibility index (Phi) is 7.57. The number of rotatable bonds is 7. The van der Waals surface area contributed by atoms with Gasteiger partial charge >= 0.3 is 18.1 Å². The zero-order valence-corrected chi connectivity index (χ0v) is 16.7. The van der Waals surface area contributed by atoms with Crippen LogP contribution in [0.25, 0.3) is 6.08 Å². The maximum Gasteiger partial charge on any atom is 0.416 e. The van der Waals surface area contributed by atoms with Gasteiger partial charge in [-0.1, -0.05) is 6.07 Å². The fraction of sp³-hybridized carbons (Fsp3) is 0.286. The molecule has 0 aliphatic carbocycles. The molecule has 160 valence electrons. The lowest BCUT2D eigenvalue weighted by atomic mass is 10.1. The van der Waals surface area contributed by atoms with Crippen LogP contribution >= 0.6 is 0 Å². The first-order valence-electron chi connectivity index (χ1n) is 9.13. The first-order valence-corrected chi connectivity index (χ1v) is 9.13. The van der Waals surface area contributed by atoms with E-state index < -0.39 is 23.7 Å². The average molecular weight is 422 g/mol. The van der Waals surface area contributed by atoms with Crippen molar-refractivity contribution in [1.29, 1.82) is 0 Å². The van der Waals surface area contributed by atoms with Crippen LogP contribution in [0.4, 0.5) is 18.9 Å². The van der Waals surface area contributed by atoms with Crippen LogP contribution in [0.15, 0.2) is 36.5 Å². The predicted octanol–water partition coefficient (Wildman–Crippen LogP) is 4.85. The maximum atomic E-state index is 12.8. The highest BCUT2D eigenvalue weighted by Gasteiger charge is 2.30. The molecule has 1 aromatic carbocycles. The number of halogens is 3. The van der Waals surface area contributed by atoms with Crippen molar-refractivity contribution in [3.8, 4) is 0 Å². The molecular weight excluding hydrogens is 401 g/mol. The normalized spacial score (nSPS) is 11.4. The molecule has 0 spiro atoms. The number of benzene rings is 1. The van der Waals surface area contributed by atoms with Crippen LogP contribution in [-0.4, -0.2) is 30.1 Å². The van der Waals surface area contributed by atoms with Crippen LogP contribution in [0.1, 0.15) is 51.5 Å². The molecule has 0 saturated carbocycles. The van der Waals surface area contributed by atoms with E-state index in [-0.39, 0.29) is 35.7 Å². The zero-order chi connectivity index (χ0) is 22.3. The van der Waals surface area contributed by atoms with E-state index >= 15 is 0 Å². The number of nitrogens with zero attached hydrogens (tertiary/aromatic N) is 1. The minimum atomic E-state index is -4.46. The summed E-state index contributed by atoms with van der Waals surface area (Å²) in [6.07, 6.45) is -1.70. The van der Waals surface area contributed by atoms with Crippen LogP contribution in [-0.2, 0) is 15.7 Å². The summed E-state index contributed by atoms with van der Waals surface area (Å²) in [5.74, 6) is -1.31. The van der Waals surface area contributed by atoms with E-state index in [1.165, 1.54) is 30.5 Å². The van der Waals surface area contributed by atoms with Crippen molar-refractivity contribution < 1.29 is 32.2 Å². The number of hydrogen-bond acceptors (Lipinski definition) is 6. The van der Waals surface area contributed by atoms with E-state index in [4.69, 9.17) is 9.47 Å². The molecule has 0 unspecified atom stereocenters. The van der Waals surface area contributed by atoms with Gasteiger partial charge in [0.15, 0.2) is 0 Å². The third kappa shape index (κ3) is 5.82. The second-order valence-corrected chi connectivity index (χ2v) is 6.05. The summed E-state index contributed by atoms with van der Waals surface area (Å²) in [6, 6.07) is 6.00. The van der Waals surface area contributed by atoms with Crippen molar-refractivity contribution in [3.63, 3.8) is 0 Å². The molecule has 2 rings (SSSR count). The highest BCUT2D eigenvalue weighted by Crippen LogP contribution is 2.30. The van der Waals surface area contributed by atoms with Gasteiger partial charge < -0.3 is 14.8 Å². The van der Waals surface area contributed by atoms with Gasteiger partial charge in [-0.15, -0.1) is 0 Å². The Labute approximate surface area is 171 Å². The molecule has 0 radical (unpaired) electrons. The molecule has 1 heterocycles. The summed E-state index contributed by atoms with van der Waals surface area (Å²) >= 11 is 0. The lowest BCUT2D eigenvalue weighted by molar-refractivity contribution is -0.137. The number of anilines is 1. The molecule has 0 amide bonds. The van der Waals surface area contributed by atoms with Gasteiger partial charge in [-0.2, -0.15) is 13.2 Å². The first-order chi connectivity index (χ1) is 14.2. The summed E-state index contributed by atoms with van der Waals surface area (Å²) < 4.78 is 48.5. The second kappa shape index (κ2) is 9.91. The zero-order valence-electron chi connectivity index (χ0n) is 16.7. The largest absolute Gasteiger partial charge is 0.462 e. The number of aryl methyl sites for hydroxylation is 1. The predicted molar refractivity (Wildman–Crippen MR) is 105 cm³/mol. The van der Waals surface area contributed by atoms with Crippen molar-refractivity contribution in [2.24, 2.45) is 0 Å². The molecular formula is C21H21F3N2O4. The minimum absolute atomic E-state index is 0.0348. The van der Waals surface area contributed by atoms with Crippen LogP contribution in [0, 0.1) is 6.92 Å². The third-order valence-electron chi connectivity index (χ3n) is 3.91. The summed E-state index contributed by atoms with van der Waals surface area (Å²) in [6.45, 7) is 5.15. The van der Waals surface area contributed by atoms with Crippen molar-refractivity contribution in [3.05, 3.63) is 64.6 Å². The van der Waals surface area contributed by atoms with Crippen molar-refractivity contribution in [1.82, 2.24) is 4.98 Å². The minimum Gasteiger partial charge on any atom is -0.462 e. The average Bonchev–Trinajstić information content (AvgIpc) is 2.68. The van der Waals surface area contributed by atoms with Crippen molar-refractivity contribution in [2.75, 3.05) is 18.5 Å². The lowest BCUT2D eigenvalue weighted by Crippen LogP contribution is -2.14. The molecule has 2 aromatic rings. The number of carbonyl (C=O) groups is 2. The molecule has 0 atom stereocenters. The highest BCUT2D eigenvalue weighted by molar-refractivity contribution is 5.98. The number of carbonyl (C=O) groups excluding carboxylic acids is 2. The highest BCUT2D eigenvalue weighted by atomic mass is 19.4. The van der Waals surface area contributed by atoms with E-state index in [1.807, 2.05) is 0 Å². The molecule has 1 aromatic heterocycles. The van der Waals surface area contributed by atoms with Crippen molar-refractivity contribution in [2.45, 2.75) is 26.9 Å². The van der Waals surface area contributed by atoms with Crippen LogP contribution in [0.5, 0.6) is 0 Å². The van der Waals surface area contributed by atoms with Gasteiger partial charge in [0.1, 0.15) is 0 Å². The Morgan fingerprint density at radius 3 is 2.30 bits per heavy atom. The Balaban J connectivity index is 2.34. The number of nitrogens with one attached hydrogen (secondary N) is 1. The van der Waals surface area contributed by atoms with Gasteiger partial charge in [0.05, 0.1) is 41.3 Å². The first kappa shape index (κ1) is 22.9. The topological polar surface area (TPSA) is 77.5 Å². The van der Waals surface area contributed by atoms with E-state index in [1.54, 1.807) is 20.8 Å². The van der Waals surface area contributed by atoms with Gasteiger partial charge in [-0.05, 0) is 51.1 Å². The third-order valence-corrected chi connectivity index (χ3v) is 3.91. The van der Waals surface area contributed by atoms with Crippen LogP contribution in [0.3, 0.4) is 0 Å². The summed E-state index contributed by atoms with van der Waals surface area (Å²) in [5, 5.41) is 2.72. The SMILES string of the molecule is CCOC(=O)c1cc(C(=O)OCC)c(C=CNc2cccc(C(F)(F)F)c2)nc1C. The summed E-state index contributed by atoms with van der Waals surface area (Å²) in [5.41, 5.74) is 0.105. The van der Waals surface area contributed by atoms with Gasteiger partial charge in [0.2, 0.25) is 0 Å². The fourth-order valence-electron chi connectivity index (χ4n) is 2.54. The monoisotopic (exact) mass is 422 g/mol. The second-order valence-electron chi connectivity index (χ2n) is 6.05. The number of ether oxygens (including phenoxy) is 2. The number of esters is 2. The number of aromatic nitrogens is 1. The molecule has 30 heavy (non-hydrogen) atoms. The van der Waals surface area contributed by atoms with Crippen LogP contribution < -0.4 is 5.32 Å². The number of alkyl halides is 3. The summed E-state index contributed by atoms with van der Waals surface area (Å²) in [4.78, 5) is 28.6. The fourth-order valence-corrected chi connectivity index (χ4v) is 2.54. The van der Waals surface area contributed by atoms with E-state index in [2.05, 4.69) is 10.3 Å². The number of pyridine rings is 1. The Hall–Kier alpha value is -3.36. The molecule has 0 aliphatic rings. The van der Waals surface area contributed by atoms with Gasteiger partial charge in [0, 0.05) is 11.9 Å². The molecule has 1 N–H and O–H groups in total. The smallest absolute Gasteiger partial charge is 0.416 e. The van der Waals surface area contributed by atoms with Crippen molar-refractivity contribution >= 4 is 23.7 Å². The number of hydrogen-bond donors (Lipinski definition) is 1. The summed E-state index contributed by atoms with van der Waals surface area (Å²) in [7, 11) is 0. The van der Waals surface area contributed by atoms with Gasteiger partial charge in [-0.25, -0.2) is 9.59 Å². The van der Waals surface area contributed by atoms with Crippen LogP contribution in [0.2, 0.25) is 0 Å². The molecule has 9 heteroatoms. The standard InChI is InChI=1S/C21H21F3N2O4/c1-4-29-19(27)16-12-17(20(28)30-5-2)18(26-13(16)3)9-10-25-15-8-6-7-14(11-15)21(22,23)24/h6-12,25H,4-5H2,1-3H3. The molecule has 6 nitrogen and oxygen atoms in total. The van der Waals surface area contributed by atoms with E-state index in [9.17, 15) is 22.8 Å². The molecule has 0 aliphatic heterocycles. The molecule has 0 bridgehead atoms. The lowest BCUT2D eigenvalue weighted by Gasteiger charge is -2.11. The van der Waals surface area contributed by atoms with E-state index in [0.29, 0.717) is 5.69 Å². The Morgan fingerprint density at radius 2 is 1.70 bits per heavy atom. The quantitative estimate of drug-likeness (QED) is 0.643. The maximum absolute atomic E-state index is 12.8. The van der Waals surface area contributed by atoms with Gasteiger partial charge in [-0.3, -0.25) is 4.98 Å². The van der Waals surface area contributed by atoms with Gasteiger partial charge in [0.25, 0.3) is 0 Å². The Bertz CT molecular complexity index is 956. The molecule has 0 saturated heterocycles. The Morgan fingerprint density at radius 1 is 1.07 bits per heavy atom.